The maximum absolute atomic E-state index is 2.57. The molecular formula is C65H53N. The number of rotatable bonds is 7. The maximum Gasteiger partial charge on any atom is 0.0714 e. The summed E-state index contributed by atoms with van der Waals surface area (Å²) in [6, 6.07) is 84.4. The number of nitrogens with zero attached hydrogens (tertiary/aromatic N) is 1. The van der Waals surface area contributed by atoms with Crippen LogP contribution in [0.3, 0.4) is 0 Å². The molecule has 66 heavy (non-hydrogen) atoms. The molecule has 0 N–H and O–H groups in total. The second kappa shape index (κ2) is 15.3. The summed E-state index contributed by atoms with van der Waals surface area (Å²) in [5.41, 5.74) is 18.4. The lowest BCUT2D eigenvalue weighted by molar-refractivity contribution is 0.332. The van der Waals surface area contributed by atoms with Gasteiger partial charge in [-0.3, -0.25) is 0 Å². The fourth-order valence-corrected chi connectivity index (χ4v) is 11.6. The van der Waals surface area contributed by atoms with Gasteiger partial charge in [-0.1, -0.05) is 216 Å². The van der Waals surface area contributed by atoms with Crippen molar-refractivity contribution in [2.24, 2.45) is 0 Å². The van der Waals surface area contributed by atoms with Crippen LogP contribution in [-0.4, -0.2) is 0 Å². The molecule has 2 aliphatic carbocycles. The molecular weight excluding hydrogens is 795 g/mol. The Bertz CT molecular complexity index is 3410. The van der Waals surface area contributed by atoms with Gasteiger partial charge >= 0.3 is 0 Å². The molecule has 0 heterocycles. The Kier molecular flexibility index (Phi) is 9.30. The van der Waals surface area contributed by atoms with E-state index in [1.54, 1.807) is 0 Å². The van der Waals surface area contributed by atoms with Crippen LogP contribution in [0.4, 0.5) is 17.1 Å². The van der Waals surface area contributed by atoms with Gasteiger partial charge < -0.3 is 4.90 Å². The van der Waals surface area contributed by atoms with Gasteiger partial charge in [0, 0.05) is 16.9 Å². The van der Waals surface area contributed by atoms with E-state index in [0.717, 1.165) is 23.5 Å². The van der Waals surface area contributed by atoms with Crippen LogP contribution < -0.4 is 4.90 Å². The minimum absolute atomic E-state index is 0.0481. The normalized spacial score (nSPS) is 15.2. The zero-order valence-corrected chi connectivity index (χ0v) is 38.2. The summed E-state index contributed by atoms with van der Waals surface area (Å²) in [5, 5.41) is 4.97. The third kappa shape index (κ3) is 6.28. The second-order valence-corrected chi connectivity index (χ2v) is 19.9. The number of hydrogen-bond donors (Lipinski definition) is 0. The molecule has 318 valence electrons. The van der Waals surface area contributed by atoms with Crippen molar-refractivity contribution in [1.29, 1.82) is 0 Å². The van der Waals surface area contributed by atoms with E-state index >= 15 is 0 Å². The standard InChI is InChI=1S/C65H53N/c1-63(2)38-39-64(3,4)61-40-48(33-37-59(61)63)56-42-57-54-26-16-17-27-58(54)65(49-21-10-6-11-22-49,50-23-12-7-13-24-50)60(57)43-62(56)66(51-34-30-45(31-35-51)44-18-8-5-9-19-44)52-36-32-47-29-28-46-20-14-15-25-53(46)55(47)41-52/h5-37,40-43H,38-39H2,1-4H3. The largest absolute Gasteiger partial charge is 0.310 e. The van der Waals surface area contributed by atoms with Crippen LogP contribution in [0, 0.1) is 0 Å². The number of hydrogen-bond acceptors (Lipinski definition) is 1. The highest BCUT2D eigenvalue weighted by Gasteiger charge is 2.47. The number of anilines is 3. The van der Waals surface area contributed by atoms with Gasteiger partial charge in [0.25, 0.3) is 0 Å². The monoisotopic (exact) mass is 847 g/mol. The zero-order chi connectivity index (χ0) is 44.6. The average Bonchev–Trinajstić information content (AvgIpc) is 3.66. The first-order chi connectivity index (χ1) is 32.2. The maximum atomic E-state index is 2.57. The summed E-state index contributed by atoms with van der Waals surface area (Å²) in [6.07, 6.45) is 2.33. The molecule has 0 amide bonds. The van der Waals surface area contributed by atoms with E-state index in [2.05, 4.69) is 257 Å². The highest BCUT2D eigenvalue weighted by atomic mass is 15.1. The highest BCUT2D eigenvalue weighted by Crippen LogP contribution is 2.59. The van der Waals surface area contributed by atoms with Crippen LogP contribution in [0.25, 0.3) is 54.9 Å². The summed E-state index contributed by atoms with van der Waals surface area (Å²) in [5.74, 6) is 0. The third-order valence-corrected chi connectivity index (χ3v) is 15.2. The van der Waals surface area contributed by atoms with E-state index in [0.29, 0.717) is 0 Å². The first-order valence-electron chi connectivity index (χ1n) is 23.6. The fourth-order valence-electron chi connectivity index (χ4n) is 11.6. The van der Waals surface area contributed by atoms with E-state index in [4.69, 9.17) is 0 Å². The summed E-state index contributed by atoms with van der Waals surface area (Å²) < 4.78 is 0. The average molecular weight is 848 g/mol. The highest BCUT2D eigenvalue weighted by molar-refractivity contribution is 6.09. The molecule has 0 spiro atoms. The van der Waals surface area contributed by atoms with Crippen LogP contribution in [-0.2, 0) is 16.2 Å². The van der Waals surface area contributed by atoms with Crippen molar-refractivity contribution in [1.82, 2.24) is 0 Å². The first-order valence-corrected chi connectivity index (χ1v) is 23.6. The smallest absolute Gasteiger partial charge is 0.0714 e. The van der Waals surface area contributed by atoms with Crippen molar-refractivity contribution in [2.75, 3.05) is 4.90 Å². The van der Waals surface area contributed by atoms with Gasteiger partial charge in [-0.05, 0) is 143 Å². The predicted molar refractivity (Wildman–Crippen MR) is 280 cm³/mol. The van der Waals surface area contributed by atoms with Crippen LogP contribution in [0.5, 0.6) is 0 Å². The molecule has 2 aliphatic rings. The molecule has 0 radical (unpaired) electrons. The van der Waals surface area contributed by atoms with Crippen molar-refractivity contribution < 1.29 is 0 Å². The third-order valence-electron chi connectivity index (χ3n) is 15.2. The SMILES string of the molecule is CC1(C)CCC(C)(C)c2cc(-c3cc4c(cc3N(c3ccc(-c5ccccc5)cc3)c3ccc5ccc6ccccc6c5c3)C(c3ccccc3)(c3ccccc3)c3ccccc3-4)ccc21. The predicted octanol–water partition coefficient (Wildman–Crippen LogP) is 17.5. The Labute approximate surface area is 389 Å². The molecule has 0 aliphatic heterocycles. The lowest BCUT2D eigenvalue weighted by Crippen LogP contribution is -2.33. The van der Waals surface area contributed by atoms with Crippen LogP contribution >= 0.6 is 0 Å². The molecule has 0 saturated heterocycles. The van der Waals surface area contributed by atoms with Crippen molar-refractivity contribution in [3.8, 4) is 33.4 Å². The molecule has 0 aromatic heterocycles. The Hall–Kier alpha value is -7.48. The fraction of sp³-hybridized carbons (Fsp3) is 0.138. The van der Waals surface area contributed by atoms with Crippen molar-refractivity contribution in [2.45, 2.75) is 56.8 Å². The lowest BCUT2D eigenvalue weighted by atomic mass is 9.63. The molecule has 10 aromatic carbocycles. The summed E-state index contributed by atoms with van der Waals surface area (Å²) >= 11 is 0. The van der Waals surface area contributed by atoms with E-state index < -0.39 is 5.41 Å². The first kappa shape index (κ1) is 40.1. The van der Waals surface area contributed by atoms with Gasteiger partial charge in [-0.25, -0.2) is 0 Å². The number of benzene rings is 10. The molecule has 0 saturated carbocycles. The van der Waals surface area contributed by atoms with Crippen LogP contribution in [0.1, 0.15) is 73.9 Å². The lowest BCUT2D eigenvalue weighted by Gasteiger charge is -2.42. The Balaban J connectivity index is 1.21. The Morgan fingerprint density at radius 3 is 1.59 bits per heavy atom. The van der Waals surface area contributed by atoms with Gasteiger partial charge in [-0.2, -0.15) is 0 Å². The summed E-state index contributed by atoms with van der Waals surface area (Å²) in [7, 11) is 0. The van der Waals surface area contributed by atoms with Crippen LogP contribution in [0.2, 0.25) is 0 Å². The molecule has 0 bridgehead atoms. The van der Waals surface area contributed by atoms with E-state index in [-0.39, 0.29) is 10.8 Å². The van der Waals surface area contributed by atoms with Crippen molar-refractivity contribution >= 4 is 38.6 Å². The molecule has 1 heteroatoms. The van der Waals surface area contributed by atoms with E-state index in [9.17, 15) is 0 Å². The minimum Gasteiger partial charge on any atom is -0.310 e. The molecule has 0 fully saturated rings. The molecule has 12 rings (SSSR count). The van der Waals surface area contributed by atoms with Gasteiger partial charge in [0.05, 0.1) is 11.1 Å². The summed E-state index contributed by atoms with van der Waals surface area (Å²) in [6.45, 7) is 9.74. The minimum atomic E-state index is -0.563. The topological polar surface area (TPSA) is 3.24 Å². The Morgan fingerprint density at radius 1 is 0.333 bits per heavy atom. The van der Waals surface area contributed by atoms with E-state index in [1.807, 2.05) is 0 Å². The molecule has 1 nitrogen and oxygen atoms in total. The quantitative estimate of drug-likeness (QED) is 0.144. The van der Waals surface area contributed by atoms with E-state index in [1.165, 1.54) is 94.7 Å². The van der Waals surface area contributed by atoms with Crippen molar-refractivity contribution in [3.05, 3.63) is 258 Å². The Morgan fingerprint density at radius 2 is 0.879 bits per heavy atom. The van der Waals surface area contributed by atoms with Gasteiger partial charge in [0.2, 0.25) is 0 Å². The molecule has 0 atom stereocenters. The number of fused-ring (bicyclic) bond motifs is 7. The second-order valence-electron chi connectivity index (χ2n) is 19.9. The zero-order valence-electron chi connectivity index (χ0n) is 38.2. The van der Waals surface area contributed by atoms with Crippen molar-refractivity contribution in [3.63, 3.8) is 0 Å². The summed E-state index contributed by atoms with van der Waals surface area (Å²) in [4.78, 5) is 2.55. The van der Waals surface area contributed by atoms with Gasteiger partial charge in [0.1, 0.15) is 0 Å². The molecule has 0 unspecified atom stereocenters. The van der Waals surface area contributed by atoms with Crippen LogP contribution in [0.15, 0.2) is 224 Å². The van der Waals surface area contributed by atoms with Gasteiger partial charge in [0.15, 0.2) is 0 Å². The van der Waals surface area contributed by atoms with Gasteiger partial charge in [-0.15, -0.1) is 0 Å². The molecule has 10 aromatic rings.